The Balaban J connectivity index is 1.89. The Kier molecular flexibility index (Phi) is 6.25. The Morgan fingerprint density at radius 2 is 1.81 bits per heavy atom. The van der Waals surface area contributed by atoms with Crippen molar-refractivity contribution in [2.45, 2.75) is 71.4 Å². The first-order valence-electron chi connectivity index (χ1n) is 10.9. The number of ether oxygens (including phenoxy) is 2. The lowest BCUT2D eigenvalue weighted by atomic mass is 9.92. The van der Waals surface area contributed by atoms with Gasteiger partial charge in [-0.3, -0.25) is 5.32 Å². The SMILES string of the molecule is COc1ccc(C2CCCN2C(=O)Nc2cc(C(C)(C)C)nn2C(C)(C)C)c(OC)c1. The normalized spacial score (nSPS) is 17.0. The first-order valence-corrected chi connectivity index (χ1v) is 10.9. The maximum absolute atomic E-state index is 13.4. The molecule has 0 spiro atoms. The summed E-state index contributed by atoms with van der Waals surface area (Å²) in [5.41, 5.74) is 1.58. The van der Waals surface area contributed by atoms with Crippen LogP contribution in [0, 0.1) is 0 Å². The van der Waals surface area contributed by atoms with Crippen molar-refractivity contribution in [1.29, 1.82) is 0 Å². The number of aromatic nitrogens is 2. The third-order valence-corrected chi connectivity index (χ3v) is 5.66. The van der Waals surface area contributed by atoms with Crippen molar-refractivity contribution in [1.82, 2.24) is 14.7 Å². The van der Waals surface area contributed by atoms with Gasteiger partial charge in [0.1, 0.15) is 17.3 Å². The Bertz CT molecular complexity index is 937. The molecular weight excluding hydrogens is 392 g/mol. The Morgan fingerprint density at radius 1 is 1.10 bits per heavy atom. The average Bonchev–Trinajstić information content (AvgIpc) is 3.34. The number of benzene rings is 1. The third-order valence-electron chi connectivity index (χ3n) is 5.66. The van der Waals surface area contributed by atoms with E-state index in [1.165, 1.54) is 0 Å². The first kappa shape index (κ1) is 23.0. The molecule has 1 unspecified atom stereocenters. The van der Waals surface area contributed by atoms with E-state index in [0.29, 0.717) is 6.54 Å². The van der Waals surface area contributed by atoms with Crippen LogP contribution in [0.5, 0.6) is 11.5 Å². The fourth-order valence-corrected chi connectivity index (χ4v) is 3.96. The number of nitrogens with zero attached hydrogens (tertiary/aromatic N) is 3. The molecule has 1 fully saturated rings. The zero-order valence-electron chi connectivity index (χ0n) is 20.1. The van der Waals surface area contributed by atoms with Crippen LogP contribution in [0.4, 0.5) is 10.6 Å². The number of rotatable bonds is 4. The first-order chi connectivity index (χ1) is 14.5. The van der Waals surface area contributed by atoms with Crippen LogP contribution in [0.1, 0.15) is 71.7 Å². The highest BCUT2D eigenvalue weighted by atomic mass is 16.5. The van der Waals surface area contributed by atoms with Crippen molar-refractivity contribution in [3.05, 3.63) is 35.5 Å². The number of hydrogen-bond donors (Lipinski definition) is 1. The molecule has 7 heteroatoms. The number of carbonyl (C=O) groups excluding carboxylic acids is 1. The molecule has 31 heavy (non-hydrogen) atoms. The summed E-state index contributed by atoms with van der Waals surface area (Å²) in [5.74, 6) is 2.19. The summed E-state index contributed by atoms with van der Waals surface area (Å²) in [6, 6.07) is 7.60. The molecule has 0 bridgehead atoms. The van der Waals surface area contributed by atoms with Crippen molar-refractivity contribution >= 4 is 11.8 Å². The number of amides is 2. The highest BCUT2D eigenvalue weighted by Crippen LogP contribution is 2.39. The van der Waals surface area contributed by atoms with Crippen molar-refractivity contribution in [3.8, 4) is 11.5 Å². The van der Waals surface area contributed by atoms with Crippen molar-refractivity contribution < 1.29 is 14.3 Å². The number of methoxy groups -OCH3 is 2. The molecule has 3 rings (SSSR count). The number of urea groups is 1. The number of hydrogen-bond acceptors (Lipinski definition) is 4. The molecule has 1 atom stereocenters. The lowest BCUT2D eigenvalue weighted by Gasteiger charge is -2.28. The predicted octanol–water partition coefficient (Wildman–Crippen LogP) is 5.32. The van der Waals surface area contributed by atoms with Gasteiger partial charge in [-0.25, -0.2) is 9.48 Å². The van der Waals surface area contributed by atoms with Crippen LogP contribution < -0.4 is 14.8 Å². The standard InChI is InChI=1S/C24H36N4O3/c1-23(2,3)20-15-21(28(26-20)24(4,5)6)25-22(29)27-13-9-10-18(27)17-12-11-16(30-7)14-19(17)31-8/h11-12,14-15,18H,9-10,13H2,1-8H3,(H,25,29). The predicted molar refractivity (Wildman–Crippen MR) is 123 cm³/mol. The van der Waals surface area contributed by atoms with E-state index in [0.717, 1.165) is 41.4 Å². The molecule has 0 aliphatic carbocycles. The summed E-state index contributed by atoms with van der Waals surface area (Å²) in [5, 5.41) is 7.94. The summed E-state index contributed by atoms with van der Waals surface area (Å²) >= 11 is 0. The van der Waals surface area contributed by atoms with Gasteiger partial charge in [-0.15, -0.1) is 0 Å². The second kappa shape index (κ2) is 8.44. The molecule has 170 valence electrons. The molecule has 2 amide bonds. The van der Waals surface area contributed by atoms with E-state index < -0.39 is 0 Å². The van der Waals surface area contributed by atoms with Crippen LogP contribution in [0.3, 0.4) is 0 Å². The fourth-order valence-electron chi connectivity index (χ4n) is 3.96. The van der Waals surface area contributed by atoms with Crippen molar-refractivity contribution in [3.63, 3.8) is 0 Å². The molecule has 7 nitrogen and oxygen atoms in total. The molecule has 0 radical (unpaired) electrons. The monoisotopic (exact) mass is 428 g/mol. The van der Waals surface area contributed by atoms with Gasteiger partial charge in [-0.05, 0) is 45.7 Å². The summed E-state index contributed by atoms with van der Waals surface area (Å²) in [6.45, 7) is 13.3. The van der Waals surface area contributed by atoms with Gasteiger partial charge in [0, 0.05) is 29.7 Å². The minimum absolute atomic E-state index is 0.0473. The number of carbonyl (C=O) groups is 1. The fraction of sp³-hybridized carbons (Fsp3) is 0.583. The Hall–Kier alpha value is -2.70. The summed E-state index contributed by atoms with van der Waals surface area (Å²) in [4.78, 5) is 15.3. The highest BCUT2D eigenvalue weighted by molar-refractivity contribution is 5.89. The van der Waals surface area contributed by atoms with E-state index in [-0.39, 0.29) is 23.0 Å². The van der Waals surface area contributed by atoms with Crippen LogP contribution >= 0.6 is 0 Å². The molecule has 2 heterocycles. The molecule has 1 aromatic heterocycles. The van der Waals surface area contributed by atoms with Gasteiger partial charge in [-0.1, -0.05) is 20.8 Å². The average molecular weight is 429 g/mol. The topological polar surface area (TPSA) is 68.6 Å². The molecule has 1 saturated heterocycles. The smallest absolute Gasteiger partial charge is 0.323 e. The maximum atomic E-state index is 13.4. The number of nitrogens with one attached hydrogen (secondary N) is 1. The van der Waals surface area contributed by atoms with Gasteiger partial charge < -0.3 is 14.4 Å². The molecule has 0 saturated carbocycles. The Morgan fingerprint density at radius 3 is 2.39 bits per heavy atom. The molecule has 1 N–H and O–H groups in total. The zero-order valence-corrected chi connectivity index (χ0v) is 20.1. The molecule has 1 aliphatic heterocycles. The Labute approximate surface area is 185 Å². The maximum Gasteiger partial charge on any atom is 0.323 e. The van der Waals surface area contributed by atoms with E-state index in [4.69, 9.17) is 14.6 Å². The van der Waals surface area contributed by atoms with Crippen LogP contribution in [0.25, 0.3) is 0 Å². The van der Waals surface area contributed by atoms with Gasteiger partial charge in [0.15, 0.2) is 0 Å². The second-order valence-corrected chi connectivity index (χ2v) is 10.1. The van der Waals surface area contributed by atoms with Gasteiger partial charge in [-0.2, -0.15) is 5.10 Å². The van der Waals surface area contributed by atoms with Crippen LogP contribution in [-0.2, 0) is 11.0 Å². The van der Waals surface area contributed by atoms with E-state index in [1.54, 1.807) is 14.2 Å². The van der Waals surface area contributed by atoms with Crippen LogP contribution in [-0.4, -0.2) is 41.5 Å². The quantitative estimate of drug-likeness (QED) is 0.715. The molecule has 1 aliphatic rings. The zero-order chi connectivity index (χ0) is 23.0. The van der Waals surface area contributed by atoms with Gasteiger partial charge >= 0.3 is 6.03 Å². The second-order valence-electron chi connectivity index (χ2n) is 10.1. The summed E-state index contributed by atoms with van der Waals surface area (Å²) < 4.78 is 12.8. The van der Waals surface area contributed by atoms with E-state index >= 15 is 0 Å². The molecule has 1 aromatic carbocycles. The minimum Gasteiger partial charge on any atom is -0.497 e. The van der Waals surface area contributed by atoms with Crippen molar-refractivity contribution in [2.24, 2.45) is 0 Å². The summed E-state index contributed by atoms with van der Waals surface area (Å²) in [6.07, 6.45) is 1.83. The van der Waals surface area contributed by atoms with Gasteiger partial charge in [0.05, 0.1) is 31.5 Å². The third kappa shape index (κ3) is 4.81. The highest BCUT2D eigenvalue weighted by Gasteiger charge is 2.33. The lowest BCUT2D eigenvalue weighted by Crippen LogP contribution is -2.36. The van der Waals surface area contributed by atoms with E-state index in [9.17, 15) is 4.79 Å². The lowest BCUT2D eigenvalue weighted by molar-refractivity contribution is 0.205. The molecule has 2 aromatic rings. The molecular formula is C24H36N4O3. The van der Waals surface area contributed by atoms with Crippen LogP contribution in [0.2, 0.25) is 0 Å². The van der Waals surface area contributed by atoms with Gasteiger partial charge in [0.25, 0.3) is 0 Å². The summed E-state index contributed by atoms with van der Waals surface area (Å²) in [7, 11) is 3.28. The van der Waals surface area contributed by atoms with E-state index in [2.05, 4.69) is 46.9 Å². The van der Waals surface area contributed by atoms with E-state index in [1.807, 2.05) is 33.8 Å². The largest absolute Gasteiger partial charge is 0.497 e. The van der Waals surface area contributed by atoms with Crippen LogP contribution in [0.15, 0.2) is 24.3 Å². The number of anilines is 1. The minimum atomic E-state index is -0.254. The van der Waals surface area contributed by atoms with Gasteiger partial charge in [0.2, 0.25) is 0 Å². The van der Waals surface area contributed by atoms with Crippen molar-refractivity contribution in [2.75, 3.05) is 26.1 Å². The number of likely N-dealkylation sites (tertiary alicyclic amines) is 1.